The van der Waals surface area contributed by atoms with Gasteiger partial charge in [0, 0.05) is 16.5 Å². The van der Waals surface area contributed by atoms with E-state index in [4.69, 9.17) is 5.73 Å². The monoisotopic (exact) mass is 184 g/mol. The second kappa shape index (κ2) is 3.54. The minimum Gasteiger partial charge on any atom is -0.330 e. The van der Waals surface area contributed by atoms with Gasteiger partial charge in [-0.25, -0.2) is 4.98 Å². The number of hydrogen-bond donors (Lipinski definition) is 1. The average Bonchev–Trinajstić information content (AvgIpc) is 2.36. The van der Waals surface area contributed by atoms with Crippen LogP contribution in [0.15, 0.2) is 5.38 Å². The number of rotatable bonds is 3. The molecule has 1 aromatic heterocycles. The molecule has 0 aromatic carbocycles. The molecule has 2 nitrogen and oxygen atoms in total. The highest BCUT2D eigenvalue weighted by Crippen LogP contribution is 2.28. The summed E-state index contributed by atoms with van der Waals surface area (Å²) in [6.45, 7) is 7.14. The Labute approximate surface area is 77.8 Å². The summed E-state index contributed by atoms with van der Waals surface area (Å²) in [5, 5.41) is 3.29. The normalized spacial score (nSPS) is 12.0. The van der Waals surface area contributed by atoms with Crippen molar-refractivity contribution >= 4 is 11.3 Å². The molecule has 2 N–H and O–H groups in total. The van der Waals surface area contributed by atoms with Crippen molar-refractivity contribution in [2.45, 2.75) is 32.6 Å². The maximum absolute atomic E-state index is 5.54. The molecule has 12 heavy (non-hydrogen) atoms. The lowest BCUT2D eigenvalue weighted by Crippen LogP contribution is -2.21. The summed E-state index contributed by atoms with van der Waals surface area (Å²) in [5.41, 5.74) is 6.79. The highest BCUT2D eigenvalue weighted by Gasteiger charge is 2.22. The summed E-state index contributed by atoms with van der Waals surface area (Å²) < 4.78 is 0. The van der Waals surface area contributed by atoms with Crippen molar-refractivity contribution in [1.29, 1.82) is 0 Å². The van der Waals surface area contributed by atoms with E-state index >= 15 is 0 Å². The van der Waals surface area contributed by atoms with Gasteiger partial charge in [-0.2, -0.15) is 0 Å². The van der Waals surface area contributed by atoms with Gasteiger partial charge in [-0.1, -0.05) is 13.8 Å². The van der Waals surface area contributed by atoms with Gasteiger partial charge in [0.05, 0.1) is 5.01 Å². The van der Waals surface area contributed by atoms with Crippen molar-refractivity contribution in [2.24, 2.45) is 5.73 Å². The fourth-order valence-electron chi connectivity index (χ4n) is 1.13. The molecule has 0 fully saturated rings. The Balaban J connectivity index is 2.81. The lowest BCUT2D eigenvalue weighted by Gasteiger charge is -2.20. The Bertz CT molecular complexity index is 253. The molecule has 0 aliphatic carbocycles. The van der Waals surface area contributed by atoms with Crippen molar-refractivity contribution in [3.63, 3.8) is 0 Å². The van der Waals surface area contributed by atoms with Crippen LogP contribution in [-0.4, -0.2) is 11.5 Å². The zero-order valence-corrected chi connectivity index (χ0v) is 8.74. The van der Waals surface area contributed by atoms with Crippen LogP contribution in [0, 0.1) is 6.92 Å². The second-order valence-electron chi connectivity index (χ2n) is 3.72. The number of aryl methyl sites for hydroxylation is 1. The third kappa shape index (κ3) is 2.05. The van der Waals surface area contributed by atoms with Gasteiger partial charge in [0.2, 0.25) is 0 Å². The fraction of sp³-hybridized carbons (Fsp3) is 0.667. The van der Waals surface area contributed by atoms with E-state index in [2.05, 4.69) is 24.2 Å². The summed E-state index contributed by atoms with van der Waals surface area (Å²) in [6.07, 6.45) is 1.000. The van der Waals surface area contributed by atoms with Gasteiger partial charge in [-0.15, -0.1) is 11.3 Å². The van der Waals surface area contributed by atoms with E-state index in [-0.39, 0.29) is 5.41 Å². The molecule has 1 heterocycles. The maximum atomic E-state index is 5.54. The van der Waals surface area contributed by atoms with Crippen molar-refractivity contribution < 1.29 is 0 Å². The molecule has 0 saturated carbocycles. The minimum atomic E-state index is 0.147. The van der Waals surface area contributed by atoms with Gasteiger partial charge >= 0.3 is 0 Å². The van der Waals surface area contributed by atoms with E-state index in [1.807, 2.05) is 6.92 Å². The molecule has 0 saturated heterocycles. The maximum Gasteiger partial charge on any atom is 0.0984 e. The lowest BCUT2D eigenvalue weighted by molar-refractivity contribution is 0.484. The largest absolute Gasteiger partial charge is 0.330 e. The molecule has 0 amide bonds. The summed E-state index contributed by atoms with van der Waals surface area (Å²) in [6, 6.07) is 0. The lowest BCUT2D eigenvalue weighted by atomic mass is 9.90. The predicted molar refractivity (Wildman–Crippen MR) is 53.5 cm³/mol. The first-order valence-corrected chi connectivity index (χ1v) is 5.07. The molecule has 3 heteroatoms. The number of nitrogens with two attached hydrogens (primary N) is 1. The Hall–Kier alpha value is -0.410. The van der Waals surface area contributed by atoms with Crippen LogP contribution in [0.3, 0.4) is 0 Å². The van der Waals surface area contributed by atoms with Gasteiger partial charge in [0.25, 0.3) is 0 Å². The molecule has 0 bridgehead atoms. The summed E-state index contributed by atoms with van der Waals surface area (Å²) in [5.74, 6) is 0. The smallest absolute Gasteiger partial charge is 0.0984 e. The molecular weight excluding hydrogens is 168 g/mol. The van der Waals surface area contributed by atoms with Crippen LogP contribution in [0.25, 0.3) is 0 Å². The fourth-order valence-corrected chi connectivity index (χ4v) is 2.09. The SMILES string of the molecule is Cc1csc(C(C)(C)CCN)n1. The van der Waals surface area contributed by atoms with E-state index in [1.54, 1.807) is 11.3 Å². The predicted octanol–water partition coefficient (Wildman–Crippen LogP) is 2.08. The summed E-state index contributed by atoms with van der Waals surface area (Å²) in [7, 11) is 0. The van der Waals surface area contributed by atoms with Crippen molar-refractivity contribution in [3.8, 4) is 0 Å². The minimum absolute atomic E-state index is 0.147. The number of thiazole rings is 1. The third-order valence-corrected chi connectivity index (χ3v) is 3.29. The first-order valence-electron chi connectivity index (χ1n) is 4.19. The first kappa shape index (κ1) is 9.68. The third-order valence-electron chi connectivity index (χ3n) is 1.97. The van der Waals surface area contributed by atoms with Crippen LogP contribution < -0.4 is 5.73 Å². The summed E-state index contributed by atoms with van der Waals surface area (Å²) >= 11 is 1.73. The van der Waals surface area contributed by atoms with Crippen LogP contribution in [0.4, 0.5) is 0 Å². The molecule has 0 spiro atoms. The Morgan fingerprint density at radius 3 is 2.67 bits per heavy atom. The Morgan fingerprint density at radius 1 is 1.58 bits per heavy atom. The van der Waals surface area contributed by atoms with Crippen molar-refractivity contribution in [1.82, 2.24) is 4.98 Å². The van der Waals surface area contributed by atoms with Crippen LogP contribution in [-0.2, 0) is 5.41 Å². The number of nitrogens with zero attached hydrogens (tertiary/aromatic N) is 1. The van der Waals surface area contributed by atoms with Crippen molar-refractivity contribution in [3.05, 3.63) is 16.1 Å². The van der Waals surface area contributed by atoms with Crippen LogP contribution in [0.5, 0.6) is 0 Å². The average molecular weight is 184 g/mol. The zero-order valence-electron chi connectivity index (χ0n) is 7.92. The highest BCUT2D eigenvalue weighted by atomic mass is 32.1. The van der Waals surface area contributed by atoms with Gasteiger partial charge in [-0.05, 0) is 19.9 Å². The molecule has 1 rings (SSSR count). The van der Waals surface area contributed by atoms with Crippen LogP contribution in [0.2, 0.25) is 0 Å². The van der Waals surface area contributed by atoms with E-state index in [9.17, 15) is 0 Å². The van der Waals surface area contributed by atoms with Crippen LogP contribution >= 0.6 is 11.3 Å². The van der Waals surface area contributed by atoms with E-state index in [1.165, 1.54) is 5.01 Å². The van der Waals surface area contributed by atoms with Gasteiger partial charge in [-0.3, -0.25) is 0 Å². The van der Waals surface area contributed by atoms with E-state index in [0.29, 0.717) is 0 Å². The van der Waals surface area contributed by atoms with Crippen molar-refractivity contribution in [2.75, 3.05) is 6.54 Å². The second-order valence-corrected chi connectivity index (χ2v) is 4.57. The van der Waals surface area contributed by atoms with Crippen LogP contribution in [0.1, 0.15) is 31.0 Å². The molecule has 68 valence electrons. The Morgan fingerprint density at radius 2 is 2.25 bits per heavy atom. The molecular formula is C9H16N2S. The molecule has 0 radical (unpaired) electrons. The molecule has 1 aromatic rings. The summed E-state index contributed by atoms with van der Waals surface area (Å²) in [4.78, 5) is 4.46. The molecule has 0 aliphatic heterocycles. The molecule has 0 atom stereocenters. The van der Waals surface area contributed by atoms with Gasteiger partial charge in [0.1, 0.15) is 0 Å². The number of hydrogen-bond acceptors (Lipinski definition) is 3. The Kier molecular flexibility index (Phi) is 2.85. The van der Waals surface area contributed by atoms with E-state index < -0.39 is 0 Å². The highest BCUT2D eigenvalue weighted by molar-refractivity contribution is 7.09. The van der Waals surface area contributed by atoms with Gasteiger partial charge < -0.3 is 5.73 Å². The van der Waals surface area contributed by atoms with Gasteiger partial charge in [0.15, 0.2) is 0 Å². The standard InChI is InChI=1S/C9H16N2S/c1-7-6-12-8(11-7)9(2,3)4-5-10/h6H,4-5,10H2,1-3H3. The van der Waals surface area contributed by atoms with E-state index in [0.717, 1.165) is 18.7 Å². The quantitative estimate of drug-likeness (QED) is 0.781. The number of aromatic nitrogens is 1. The zero-order chi connectivity index (χ0) is 9.19. The topological polar surface area (TPSA) is 38.9 Å². The molecule has 0 aliphatic rings. The molecule has 0 unspecified atom stereocenters. The first-order chi connectivity index (χ1) is 5.56.